The summed E-state index contributed by atoms with van der Waals surface area (Å²) in [7, 11) is 2.15. The molecule has 0 saturated carbocycles. The van der Waals surface area contributed by atoms with Crippen LogP contribution in [-0.2, 0) is 6.54 Å². The second-order valence-corrected chi connectivity index (χ2v) is 5.47. The Kier molecular flexibility index (Phi) is 3.34. The Morgan fingerprint density at radius 1 is 1.37 bits per heavy atom. The molecule has 19 heavy (non-hydrogen) atoms. The molecule has 1 saturated heterocycles. The molecule has 2 heterocycles. The van der Waals surface area contributed by atoms with Crippen molar-refractivity contribution in [3.63, 3.8) is 0 Å². The topological polar surface area (TPSA) is 38.1 Å². The third-order valence-electron chi connectivity index (χ3n) is 3.92. The molecule has 0 N–H and O–H groups in total. The molecule has 0 radical (unpaired) electrons. The van der Waals surface area contributed by atoms with E-state index in [2.05, 4.69) is 16.9 Å². The molecular formula is C15H19N3O. The summed E-state index contributed by atoms with van der Waals surface area (Å²) in [5, 5.41) is 0. The number of hydrogen-bond donors (Lipinski definition) is 0. The number of para-hydroxylation sites is 2. The second kappa shape index (κ2) is 5.13. The summed E-state index contributed by atoms with van der Waals surface area (Å²) in [6, 6.07) is 7.86. The van der Waals surface area contributed by atoms with Gasteiger partial charge in [0.1, 0.15) is 0 Å². The fraction of sp³-hybridized carbons (Fsp3) is 0.467. The molecule has 1 aliphatic heterocycles. The maximum Gasteiger partial charge on any atom is 0.269 e. The van der Waals surface area contributed by atoms with Gasteiger partial charge in [0.2, 0.25) is 0 Å². The van der Waals surface area contributed by atoms with Crippen LogP contribution >= 0.6 is 0 Å². The highest BCUT2D eigenvalue weighted by molar-refractivity contribution is 5.74. The van der Waals surface area contributed by atoms with Gasteiger partial charge in [-0.05, 0) is 44.5 Å². The second-order valence-electron chi connectivity index (χ2n) is 5.47. The number of hydrogen-bond acceptors (Lipinski definition) is 3. The monoisotopic (exact) mass is 257 g/mol. The van der Waals surface area contributed by atoms with Gasteiger partial charge in [-0.15, -0.1) is 0 Å². The minimum Gasteiger partial charge on any atom is -0.306 e. The first-order valence-corrected chi connectivity index (χ1v) is 6.87. The van der Waals surface area contributed by atoms with Crippen molar-refractivity contribution in [2.24, 2.45) is 5.92 Å². The average Bonchev–Trinajstić information content (AvgIpc) is 2.42. The lowest BCUT2D eigenvalue weighted by molar-refractivity contribution is 0.194. The summed E-state index contributed by atoms with van der Waals surface area (Å²) < 4.78 is 1.88. The molecule has 4 nitrogen and oxygen atoms in total. The van der Waals surface area contributed by atoms with Crippen molar-refractivity contribution in [1.82, 2.24) is 14.5 Å². The zero-order valence-electron chi connectivity index (χ0n) is 11.2. The van der Waals surface area contributed by atoms with Crippen molar-refractivity contribution in [1.29, 1.82) is 0 Å². The van der Waals surface area contributed by atoms with Gasteiger partial charge in [0, 0.05) is 13.1 Å². The lowest BCUT2D eigenvalue weighted by Crippen LogP contribution is -2.36. The maximum absolute atomic E-state index is 12.1. The molecule has 0 unspecified atom stereocenters. The van der Waals surface area contributed by atoms with Gasteiger partial charge < -0.3 is 9.47 Å². The SMILES string of the molecule is CN1CCC[C@H](Cn2c(=O)cnc3ccccc32)C1. The lowest BCUT2D eigenvalue weighted by atomic mass is 9.98. The van der Waals surface area contributed by atoms with E-state index < -0.39 is 0 Å². The minimum absolute atomic E-state index is 0.00641. The highest BCUT2D eigenvalue weighted by Gasteiger charge is 2.18. The van der Waals surface area contributed by atoms with Crippen LogP contribution < -0.4 is 5.56 Å². The van der Waals surface area contributed by atoms with Crippen LogP contribution in [0.1, 0.15) is 12.8 Å². The van der Waals surface area contributed by atoms with Crippen LogP contribution in [0.2, 0.25) is 0 Å². The van der Waals surface area contributed by atoms with Crippen molar-refractivity contribution in [2.75, 3.05) is 20.1 Å². The number of benzene rings is 1. The van der Waals surface area contributed by atoms with E-state index in [-0.39, 0.29) is 5.56 Å². The Morgan fingerprint density at radius 3 is 3.05 bits per heavy atom. The van der Waals surface area contributed by atoms with Crippen molar-refractivity contribution < 1.29 is 0 Å². The van der Waals surface area contributed by atoms with Crippen LogP contribution in [0.3, 0.4) is 0 Å². The minimum atomic E-state index is 0.00641. The van der Waals surface area contributed by atoms with Gasteiger partial charge >= 0.3 is 0 Å². The summed E-state index contributed by atoms with van der Waals surface area (Å²) in [6.45, 7) is 3.04. The molecule has 3 rings (SSSR count). The van der Waals surface area contributed by atoms with Gasteiger partial charge in [-0.3, -0.25) is 4.79 Å². The highest BCUT2D eigenvalue weighted by atomic mass is 16.1. The molecule has 0 bridgehead atoms. The summed E-state index contributed by atoms with van der Waals surface area (Å²) in [5.74, 6) is 0.558. The zero-order valence-corrected chi connectivity index (χ0v) is 11.2. The molecule has 0 amide bonds. The molecule has 4 heteroatoms. The summed E-state index contributed by atoms with van der Waals surface area (Å²) in [4.78, 5) is 18.6. The van der Waals surface area contributed by atoms with E-state index in [1.54, 1.807) is 0 Å². The predicted octanol–water partition coefficient (Wildman–Crippen LogP) is 1.74. The Morgan fingerprint density at radius 2 is 2.21 bits per heavy atom. The van der Waals surface area contributed by atoms with E-state index in [0.717, 1.165) is 24.1 Å². The number of rotatable bonds is 2. The molecular weight excluding hydrogens is 238 g/mol. The van der Waals surface area contributed by atoms with Crippen molar-refractivity contribution >= 4 is 11.0 Å². The number of aromatic nitrogens is 2. The largest absolute Gasteiger partial charge is 0.306 e. The molecule has 1 aromatic carbocycles. The van der Waals surface area contributed by atoms with E-state index in [9.17, 15) is 4.79 Å². The van der Waals surface area contributed by atoms with Gasteiger partial charge in [-0.1, -0.05) is 12.1 Å². The Bertz CT molecular complexity index is 635. The van der Waals surface area contributed by atoms with Crippen molar-refractivity contribution in [3.8, 4) is 0 Å². The first-order chi connectivity index (χ1) is 9.24. The third-order valence-corrected chi connectivity index (χ3v) is 3.92. The van der Waals surface area contributed by atoms with Gasteiger partial charge in [0.05, 0.1) is 17.2 Å². The molecule has 2 aromatic rings. The zero-order chi connectivity index (χ0) is 13.2. The van der Waals surface area contributed by atoms with E-state index in [4.69, 9.17) is 0 Å². The fourth-order valence-electron chi connectivity index (χ4n) is 2.98. The number of likely N-dealkylation sites (tertiary alicyclic amines) is 1. The summed E-state index contributed by atoms with van der Waals surface area (Å²) >= 11 is 0. The van der Waals surface area contributed by atoms with E-state index in [1.165, 1.54) is 25.6 Å². The molecule has 0 spiro atoms. The van der Waals surface area contributed by atoms with Gasteiger partial charge in [-0.25, -0.2) is 4.98 Å². The van der Waals surface area contributed by atoms with Crippen LogP contribution in [0.5, 0.6) is 0 Å². The van der Waals surface area contributed by atoms with Crippen LogP contribution in [-0.4, -0.2) is 34.6 Å². The first kappa shape index (κ1) is 12.4. The number of fused-ring (bicyclic) bond motifs is 1. The molecule has 1 atom stereocenters. The van der Waals surface area contributed by atoms with Crippen LogP contribution in [0.25, 0.3) is 11.0 Å². The van der Waals surface area contributed by atoms with Crippen LogP contribution in [0, 0.1) is 5.92 Å². The fourth-order valence-corrected chi connectivity index (χ4v) is 2.98. The van der Waals surface area contributed by atoms with E-state index in [0.29, 0.717) is 5.92 Å². The average molecular weight is 257 g/mol. The number of nitrogens with zero attached hydrogens (tertiary/aromatic N) is 3. The molecule has 1 aromatic heterocycles. The predicted molar refractivity (Wildman–Crippen MR) is 76.2 cm³/mol. The van der Waals surface area contributed by atoms with Crippen LogP contribution in [0.15, 0.2) is 35.3 Å². The summed E-state index contributed by atoms with van der Waals surface area (Å²) in [5.41, 5.74) is 1.85. The molecule has 1 fully saturated rings. The maximum atomic E-state index is 12.1. The van der Waals surface area contributed by atoms with Gasteiger partial charge in [0.25, 0.3) is 5.56 Å². The quantitative estimate of drug-likeness (QED) is 0.822. The van der Waals surface area contributed by atoms with Crippen LogP contribution in [0.4, 0.5) is 0 Å². The van der Waals surface area contributed by atoms with E-state index in [1.807, 2.05) is 28.8 Å². The standard InChI is InChI=1S/C15H19N3O/c1-17-8-4-5-12(10-17)11-18-14-7-3-2-6-13(14)16-9-15(18)19/h2-3,6-7,9,12H,4-5,8,10-11H2,1H3/t12-/m0/s1. The normalized spacial score (nSPS) is 20.8. The third kappa shape index (κ3) is 2.54. The van der Waals surface area contributed by atoms with Gasteiger partial charge in [-0.2, -0.15) is 0 Å². The lowest BCUT2D eigenvalue weighted by Gasteiger charge is -2.30. The van der Waals surface area contributed by atoms with Crippen molar-refractivity contribution in [2.45, 2.75) is 19.4 Å². The Balaban J connectivity index is 1.95. The summed E-state index contributed by atoms with van der Waals surface area (Å²) in [6.07, 6.45) is 3.86. The first-order valence-electron chi connectivity index (χ1n) is 6.87. The molecule has 0 aliphatic carbocycles. The molecule has 100 valence electrons. The Labute approximate surface area is 112 Å². The smallest absolute Gasteiger partial charge is 0.269 e. The number of piperidine rings is 1. The Hall–Kier alpha value is -1.68. The van der Waals surface area contributed by atoms with E-state index >= 15 is 0 Å². The highest BCUT2D eigenvalue weighted by Crippen LogP contribution is 2.18. The van der Waals surface area contributed by atoms with Crippen molar-refractivity contribution in [3.05, 3.63) is 40.8 Å². The molecule has 1 aliphatic rings. The van der Waals surface area contributed by atoms with Gasteiger partial charge in [0.15, 0.2) is 0 Å².